The number of para-hydroxylation sites is 2. The summed E-state index contributed by atoms with van der Waals surface area (Å²) in [5.74, 6) is -0.116. The van der Waals surface area contributed by atoms with Gasteiger partial charge in [-0.2, -0.15) is 0 Å². The van der Waals surface area contributed by atoms with Crippen molar-refractivity contribution in [1.82, 2.24) is 10.3 Å². The van der Waals surface area contributed by atoms with Crippen LogP contribution in [0.25, 0.3) is 0 Å². The highest BCUT2D eigenvalue weighted by Crippen LogP contribution is 2.34. The molecule has 1 aliphatic heterocycles. The fraction of sp³-hybridized carbons (Fsp3) is 0.520. The van der Waals surface area contributed by atoms with Crippen molar-refractivity contribution in [2.24, 2.45) is 0 Å². The number of nitrogens with zero attached hydrogens (tertiary/aromatic N) is 3. The zero-order valence-electron chi connectivity index (χ0n) is 18.8. The third-order valence-corrected chi connectivity index (χ3v) is 5.65. The maximum atomic E-state index is 12.3. The molecular formula is C25H36N4O2. The van der Waals surface area contributed by atoms with E-state index in [2.05, 4.69) is 39.2 Å². The number of pyridine rings is 1. The third kappa shape index (κ3) is 7.24. The lowest BCUT2D eigenvalue weighted by atomic mass is 10.1. The fourth-order valence-corrected chi connectivity index (χ4v) is 3.88. The van der Waals surface area contributed by atoms with Gasteiger partial charge in [0.2, 0.25) is 0 Å². The predicted molar refractivity (Wildman–Crippen MR) is 126 cm³/mol. The Morgan fingerprint density at radius 3 is 2.39 bits per heavy atom. The topological polar surface area (TPSA) is 57.7 Å². The molecule has 0 fully saturated rings. The Hall–Kier alpha value is -2.60. The average Bonchev–Trinajstić information content (AvgIpc) is 3.17. The molecule has 31 heavy (non-hydrogen) atoms. The highest BCUT2D eigenvalue weighted by molar-refractivity contribution is 5.94. The number of carbonyl (C=O) groups excluding carboxylic acids is 1. The van der Waals surface area contributed by atoms with Gasteiger partial charge < -0.3 is 19.9 Å². The minimum absolute atomic E-state index is 0.116. The number of ether oxygens (including phenoxy) is 1. The molecule has 6 nitrogen and oxygen atoms in total. The van der Waals surface area contributed by atoms with Gasteiger partial charge in [-0.15, -0.1) is 0 Å². The summed E-state index contributed by atoms with van der Waals surface area (Å²) in [6.45, 7) is 4.77. The summed E-state index contributed by atoms with van der Waals surface area (Å²) in [6.07, 6.45) is 13.7. The molecule has 0 atom stereocenters. The van der Waals surface area contributed by atoms with Crippen molar-refractivity contribution in [3.63, 3.8) is 0 Å². The minimum Gasteiger partial charge on any atom is -0.361 e. The standard InChI is InChI=1S/C25H36N4O2/c1-2-3-4-5-6-7-8-11-17-31-21-29-20-28(23-14-9-10-15-24(23)29)19-27-25(30)22-13-12-16-26-18-22/h9-10,12-16,18H,2-8,11,17,19-21H2,1H3,(H,27,30). The number of hydrogen-bond acceptors (Lipinski definition) is 5. The van der Waals surface area contributed by atoms with E-state index in [-0.39, 0.29) is 5.91 Å². The number of anilines is 2. The van der Waals surface area contributed by atoms with E-state index < -0.39 is 0 Å². The number of benzene rings is 1. The number of hydrogen-bond donors (Lipinski definition) is 1. The Balaban J connectivity index is 1.38. The number of rotatable bonds is 14. The lowest BCUT2D eigenvalue weighted by molar-refractivity contribution is 0.0953. The summed E-state index contributed by atoms with van der Waals surface area (Å²) in [5.41, 5.74) is 2.83. The number of carbonyl (C=O) groups is 1. The van der Waals surface area contributed by atoms with E-state index >= 15 is 0 Å². The Morgan fingerprint density at radius 2 is 1.68 bits per heavy atom. The second-order valence-electron chi connectivity index (χ2n) is 8.13. The summed E-state index contributed by atoms with van der Waals surface area (Å²) in [6, 6.07) is 11.8. The van der Waals surface area contributed by atoms with Crippen molar-refractivity contribution in [3.05, 3.63) is 54.4 Å². The Kier molecular flexibility index (Phi) is 9.64. The SMILES string of the molecule is CCCCCCCCCCOCN1CN(CNC(=O)c2cccnc2)c2ccccc21. The van der Waals surface area contributed by atoms with E-state index in [1.165, 1.54) is 44.9 Å². The molecule has 6 heteroatoms. The molecule has 168 valence electrons. The maximum absolute atomic E-state index is 12.3. The van der Waals surface area contributed by atoms with Gasteiger partial charge >= 0.3 is 0 Å². The molecule has 2 heterocycles. The van der Waals surface area contributed by atoms with Crippen LogP contribution in [0, 0.1) is 0 Å². The summed E-state index contributed by atoms with van der Waals surface area (Å²) >= 11 is 0. The van der Waals surface area contributed by atoms with E-state index in [0.717, 1.165) is 24.4 Å². The molecule has 1 aliphatic rings. The van der Waals surface area contributed by atoms with Gasteiger partial charge in [-0.25, -0.2) is 0 Å². The second-order valence-corrected chi connectivity index (χ2v) is 8.13. The van der Waals surface area contributed by atoms with Crippen molar-refractivity contribution in [1.29, 1.82) is 0 Å². The minimum atomic E-state index is -0.116. The monoisotopic (exact) mass is 424 g/mol. The summed E-state index contributed by atoms with van der Waals surface area (Å²) < 4.78 is 5.97. The molecule has 3 rings (SSSR count). The number of fused-ring (bicyclic) bond motifs is 1. The molecule has 1 amide bonds. The molecule has 0 radical (unpaired) electrons. The van der Waals surface area contributed by atoms with Gasteiger partial charge in [0.15, 0.2) is 0 Å². The molecule has 0 aliphatic carbocycles. The van der Waals surface area contributed by atoms with Crippen LogP contribution in [0.15, 0.2) is 48.8 Å². The number of unbranched alkanes of at least 4 members (excludes halogenated alkanes) is 7. The van der Waals surface area contributed by atoms with Crippen LogP contribution >= 0.6 is 0 Å². The maximum Gasteiger partial charge on any atom is 0.254 e. The van der Waals surface area contributed by atoms with Crippen LogP contribution in [0.4, 0.5) is 11.4 Å². The van der Waals surface area contributed by atoms with Gasteiger partial charge in [0.25, 0.3) is 5.91 Å². The van der Waals surface area contributed by atoms with E-state index in [1.54, 1.807) is 24.5 Å². The summed E-state index contributed by atoms with van der Waals surface area (Å²) in [4.78, 5) is 20.7. The largest absolute Gasteiger partial charge is 0.361 e. The fourth-order valence-electron chi connectivity index (χ4n) is 3.88. The van der Waals surface area contributed by atoms with E-state index in [4.69, 9.17) is 4.74 Å². The smallest absolute Gasteiger partial charge is 0.254 e. The molecule has 0 unspecified atom stereocenters. The second kappa shape index (κ2) is 13.0. The van der Waals surface area contributed by atoms with E-state index in [1.807, 2.05) is 12.1 Å². The van der Waals surface area contributed by atoms with Crippen LogP contribution in [0.5, 0.6) is 0 Å². The highest BCUT2D eigenvalue weighted by Gasteiger charge is 2.25. The van der Waals surface area contributed by atoms with Crippen LogP contribution in [-0.4, -0.2) is 37.6 Å². The normalized spacial score (nSPS) is 12.8. The Labute approximate surface area is 186 Å². The zero-order chi connectivity index (χ0) is 21.7. The van der Waals surface area contributed by atoms with Crippen LogP contribution in [-0.2, 0) is 4.74 Å². The summed E-state index contributed by atoms with van der Waals surface area (Å²) in [7, 11) is 0. The highest BCUT2D eigenvalue weighted by atomic mass is 16.5. The van der Waals surface area contributed by atoms with Crippen molar-refractivity contribution in [2.75, 3.05) is 36.5 Å². The van der Waals surface area contributed by atoms with E-state index in [9.17, 15) is 4.79 Å². The van der Waals surface area contributed by atoms with Gasteiger partial charge in [0, 0.05) is 19.0 Å². The number of aromatic nitrogens is 1. The Bertz CT molecular complexity index is 784. The molecule has 1 aromatic heterocycles. The Morgan fingerprint density at radius 1 is 0.968 bits per heavy atom. The molecule has 1 N–H and O–H groups in total. The van der Waals surface area contributed by atoms with Crippen LogP contribution in [0.3, 0.4) is 0 Å². The first-order valence-electron chi connectivity index (χ1n) is 11.6. The van der Waals surface area contributed by atoms with Crippen LogP contribution in [0.1, 0.15) is 68.6 Å². The van der Waals surface area contributed by atoms with Gasteiger partial charge in [-0.1, -0.05) is 64.0 Å². The predicted octanol–water partition coefficient (Wildman–Crippen LogP) is 5.17. The molecule has 1 aromatic carbocycles. The molecule has 0 spiro atoms. The molecule has 0 saturated heterocycles. The van der Waals surface area contributed by atoms with E-state index in [0.29, 0.717) is 25.6 Å². The van der Waals surface area contributed by atoms with Crippen molar-refractivity contribution in [3.8, 4) is 0 Å². The van der Waals surface area contributed by atoms with Crippen molar-refractivity contribution < 1.29 is 9.53 Å². The van der Waals surface area contributed by atoms with Crippen LogP contribution < -0.4 is 15.1 Å². The molecular weight excluding hydrogens is 388 g/mol. The van der Waals surface area contributed by atoms with Crippen molar-refractivity contribution >= 4 is 17.3 Å². The molecule has 0 saturated carbocycles. The first-order chi connectivity index (χ1) is 15.3. The third-order valence-electron chi connectivity index (χ3n) is 5.65. The quantitative estimate of drug-likeness (QED) is 0.424. The van der Waals surface area contributed by atoms with Gasteiger partial charge in [-0.3, -0.25) is 9.78 Å². The molecule has 2 aromatic rings. The number of amides is 1. The first kappa shape index (κ1) is 23.1. The van der Waals surface area contributed by atoms with Gasteiger partial charge in [-0.05, 0) is 30.7 Å². The van der Waals surface area contributed by atoms with Crippen LogP contribution in [0.2, 0.25) is 0 Å². The molecule has 0 bridgehead atoms. The zero-order valence-corrected chi connectivity index (χ0v) is 18.8. The lowest BCUT2D eigenvalue weighted by Gasteiger charge is -2.22. The van der Waals surface area contributed by atoms with Gasteiger partial charge in [0.05, 0.1) is 30.3 Å². The van der Waals surface area contributed by atoms with Crippen molar-refractivity contribution in [2.45, 2.75) is 58.3 Å². The first-order valence-corrected chi connectivity index (χ1v) is 11.6. The average molecular weight is 425 g/mol. The summed E-state index contributed by atoms with van der Waals surface area (Å²) in [5, 5.41) is 2.99. The number of nitrogens with one attached hydrogen (secondary N) is 1. The van der Waals surface area contributed by atoms with Gasteiger partial charge in [0.1, 0.15) is 6.73 Å². The lowest BCUT2D eigenvalue weighted by Crippen LogP contribution is -2.40.